The van der Waals surface area contributed by atoms with Crippen molar-refractivity contribution < 1.29 is 0 Å². The van der Waals surface area contributed by atoms with Crippen LogP contribution in [0.1, 0.15) is 19.3 Å². The number of hydrogen-bond donors (Lipinski definition) is 1. The Morgan fingerprint density at radius 2 is 2.14 bits per heavy atom. The molecule has 1 aromatic heterocycles. The predicted molar refractivity (Wildman–Crippen MR) is 88.1 cm³/mol. The standard InChI is InChI=1S/C17H20ClN3/c18-14-6-7-16(17-13(14)3-1-8-20-17)21-10-2-9-19-15(11-21)12-4-5-12/h1,3,6-8,12,15,19H,2,4-5,9-11H2. The lowest BCUT2D eigenvalue weighted by atomic mass is 10.1. The van der Waals surface area contributed by atoms with Crippen molar-refractivity contribution in [3.05, 3.63) is 35.5 Å². The predicted octanol–water partition coefficient (Wildman–Crippen LogP) is 3.47. The van der Waals surface area contributed by atoms with Gasteiger partial charge < -0.3 is 10.2 Å². The topological polar surface area (TPSA) is 28.2 Å². The van der Waals surface area contributed by atoms with Crippen molar-refractivity contribution >= 4 is 28.2 Å². The Balaban J connectivity index is 1.72. The second-order valence-corrected chi connectivity index (χ2v) is 6.57. The van der Waals surface area contributed by atoms with Crippen LogP contribution >= 0.6 is 11.6 Å². The summed E-state index contributed by atoms with van der Waals surface area (Å²) in [6.07, 6.45) is 5.80. The molecule has 0 spiro atoms. The minimum absolute atomic E-state index is 0.627. The van der Waals surface area contributed by atoms with Gasteiger partial charge in [0, 0.05) is 30.7 Å². The molecule has 1 aliphatic carbocycles. The van der Waals surface area contributed by atoms with Gasteiger partial charge in [0.2, 0.25) is 0 Å². The van der Waals surface area contributed by atoms with Crippen LogP contribution < -0.4 is 10.2 Å². The summed E-state index contributed by atoms with van der Waals surface area (Å²) in [4.78, 5) is 7.08. The zero-order valence-corrected chi connectivity index (χ0v) is 12.8. The largest absolute Gasteiger partial charge is 0.368 e. The summed E-state index contributed by atoms with van der Waals surface area (Å²) in [7, 11) is 0. The quantitative estimate of drug-likeness (QED) is 0.920. The molecule has 21 heavy (non-hydrogen) atoms. The molecule has 110 valence electrons. The fraction of sp³-hybridized carbons (Fsp3) is 0.471. The maximum atomic E-state index is 6.32. The summed E-state index contributed by atoms with van der Waals surface area (Å²) in [5.41, 5.74) is 2.26. The number of aromatic nitrogens is 1. The molecule has 1 aromatic carbocycles. The molecule has 2 heterocycles. The molecule has 0 bridgehead atoms. The van der Waals surface area contributed by atoms with E-state index in [-0.39, 0.29) is 0 Å². The van der Waals surface area contributed by atoms with Crippen LogP contribution in [-0.4, -0.2) is 30.7 Å². The van der Waals surface area contributed by atoms with Gasteiger partial charge in [-0.25, -0.2) is 0 Å². The summed E-state index contributed by atoms with van der Waals surface area (Å²) in [6.45, 7) is 3.29. The Morgan fingerprint density at radius 1 is 1.24 bits per heavy atom. The summed E-state index contributed by atoms with van der Waals surface area (Å²) in [5.74, 6) is 0.872. The zero-order valence-electron chi connectivity index (χ0n) is 12.1. The second kappa shape index (κ2) is 5.47. The molecule has 1 saturated carbocycles. The van der Waals surface area contributed by atoms with E-state index >= 15 is 0 Å². The average molecular weight is 302 g/mol. The van der Waals surface area contributed by atoms with Gasteiger partial charge in [-0.05, 0) is 56.0 Å². The molecule has 0 radical (unpaired) electrons. The Morgan fingerprint density at radius 3 is 3.00 bits per heavy atom. The van der Waals surface area contributed by atoms with E-state index in [0.29, 0.717) is 6.04 Å². The van der Waals surface area contributed by atoms with Gasteiger partial charge in [0.1, 0.15) is 0 Å². The van der Waals surface area contributed by atoms with E-state index in [9.17, 15) is 0 Å². The van der Waals surface area contributed by atoms with Crippen molar-refractivity contribution in [2.45, 2.75) is 25.3 Å². The van der Waals surface area contributed by atoms with Gasteiger partial charge in [-0.3, -0.25) is 4.98 Å². The van der Waals surface area contributed by atoms with Gasteiger partial charge in [-0.1, -0.05) is 11.6 Å². The Labute approximate surface area is 130 Å². The Bertz CT molecular complexity index is 654. The van der Waals surface area contributed by atoms with E-state index in [2.05, 4.69) is 27.3 Å². The number of rotatable bonds is 2. The first kappa shape index (κ1) is 13.4. The molecule has 0 amide bonds. The molecule has 2 fully saturated rings. The average Bonchev–Trinajstić information content (AvgIpc) is 3.34. The summed E-state index contributed by atoms with van der Waals surface area (Å²) in [5, 5.41) is 5.55. The van der Waals surface area contributed by atoms with Crippen molar-refractivity contribution in [1.82, 2.24) is 10.3 Å². The molecule has 1 saturated heterocycles. The number of nitrogens with zero attached hydrogens (tertiary/aromatic N) is 2. The van der Waals surface area contributed by atoms with Crippen molar-refractivity contribution in [1.29, 1.82) is 0 Å². The lowest BCUT2D eigenvalue weighted by molar-refractivity contribution is 0.490. The number of fused-ring (bicyclic) bond motifs is 1. The smallest absolute Gasteiger partial charge is 0.0950 e. The van der Waals surface area contributed by atoms with Gasteiger partial charge in [0.05, 0.1) is 16.2 Å². The van der Waals surface area contributed by atoms with Crippen LogP contribution in [0.3, 0.4) is 0 Å². The van der Waals surface area contributed by atoms with Gasteiger partial charge in [-0.15, -0.1) is 0 Å². The van der Waals surface area contributed by atoms with Crippen LogP contribution in [0.15, 0.2) is 30.5 Å². The first-order valence-corrected chi connectivity index (χ1v) is 8.22. The number of halogens is 1. The highest BCUT2D eigenvalue weighted by molar-refractivity contribution is 6.35. The van der Waals surface area contributed by atoms with E-state index in [1.54, 1.807) is 0 Å². The van der Waals surface area contributed by atoms with Crippen molar-refractivity contribution in [2.75, 3.05) is 24.5 Å². The van der Waals surface area contributed by atoms with Crippen LogP contribution in [0.25, 0.3) is 10.9 Å². The maximum Gasteiger partial charge on any atom is 0.0950 e. The molecule has 3 nitrogen and oxygen atoms in total. The fourth-order valence-corrected chi connectivity index (χ4v) is 3.58. The van der Waals surface area contributed by atoms with Crippen LogP contribution in [-0.2, 0) is 0 Å². The maximum absolute atomic E-state index is 6.32. The van der Waals surface area contributed by atoms with E-state index in [1.165, 1.54) is 24.9 Å². The Kier molecular flexibility index (Phi) is 3.48. The highest BCUT2D eigenvalue weighted by Crippen LogP contribution is 2.36. The van der Waals surface area contributed by atoms with Gasteiger partial charge >= 0.3 is 0 Å². The normalized spacial score (nSPS) is 23.3. The number of benzene rings is 1. The highest BCUT2D eigenvalue weighted by atomic mass is 35.5. The number of anilines is 1. The minimum Gasteiger partial charge on any atom is -0.368 e. The molecule has 4 rings (SSSR count). The molecule has 1 unspecified atom stereocenters. The van der Waals surface area contributed by atoms with E-state index in [0.717, 1.165) is 41.5 Å². The second-order valence-electron chi connectivity index (χ2n) is 6.16. The van der Waals surface area contributed by atoms with Crippen molar-refractivity contribution in [3.8, 4) is 0 Å². The first-order valence-electron chi connectivity index (χ1n) is 7.84. The fourth-order valence-electron chi connectivity index (χ4n) is 3.36. The highest BCUT2D eigenvalue weighted by Gasteiger charge is 2.33. The van der Waals surface area contributed by atoms with E-state index < -0.39 is 0 Å². The zero-order chi connectivity index (χ0) is 14.2. The van der Waals surface area contributed by atoms with E-state index in [1.807, 2.05) is 18.3 Å². The van der Waals surface area contributed by atoms with Gasteiger partial charge in [0.25, 0.3) is 0 Å². The molecule has 1 atom stereocenters. The van der Waals surface area contributed by atoms with Crippen LogP contribution in [0.5, 0.6) is 0 Å². The van der Waals surface area contributed by atoms with Crippen LogP contribution in [0.2, 0.25) is 5.02 Å². The van der Waals surface area contributed by atoms with Crippen LogP contribution in [0, 0.1) is 5.92 Å². The number of pyridine rings is 1. The van der Waals surface area contributed by atoms with Gasteiger partial charge in [0.15, 0.2) is 0 Å². The monoisotopic (exact) mass is 301 g/mol. The Hall–Kier alpha value is -1.32. The summed E-state index contributed by atoms with van der Waals surface area (Å²) >= 11 is 6.32. The van der Waals surface area contributed by atoms with Crippen molar-refractivity contribution in [3.63, 3.8) is 0 Å². The third-order valence-electron chi connectivity index (χ3n) is 4.66. The SMILES string of the molecule is Clc1ccc(N2CCCNC(C3CC3)C2)c2ncccc12. The summed E-state index contributed by atoms with van der Waals surface area (Å²) in [6, 6.07) is 8.78. The molecule has 1 aliphatic heterocycles. The molecule has 2 aliphatic rings. The van der Waals surface area contributed by atoms with Gasteiger partial charge in [-0.2, -0.15) is 0 Å². The lowest BCUT2D eigenvalue weighted by Gasteiger charge is -2.27. The molecular weight excluding hydrogens is 282 g/mol. The van der Waals surface area contributed by atoms with Crippen LogP contribution in [0.4, 0.5) is 5.69 Å². The third kappa shape index (κ3) is 2.60. The lowest BCUT2D eigenvalue weighted by Crippen LogP contribution is -2.39. The molecule has 1 N–H and O–H groups in total. The van der Waals surface area contributed by atoms with E-state index in [4.69, 9.17) is 11.6 Å². The first-order chi connectivity index (χ1) is 10.3. The number of hydrogen-bond acceptors (Lipinski definition) is 3. The molecular formula is C17H20ClN3. The summed E-state index contributed by atoms with van der Waals surface area (Å²) < 4.78 is 0. The molecule has 4 heteroatoms. The molecule has 2 aromatic rings. The third-order valence-corrected chi connectivity index (χ3v) is 4.98. The number of nitrogens with one attached hydrogen (secondary N) is 1. The van der Waals surface area contributed by atoms with Crippen molar-refractivity contribution in [2.24, 2.45) is 5.92 Å². The minimum atomic E-state index is 0.627.